The topological polar surface area (TPSA) is 258 Å². The van der Waals surface area contributed by atoms with Gasteiger partial charge in [-0.05, 0) is 129 Å². The lowest BCUT2D eigenvalue weighted by atomic mass is 10.1. The van der Waals surface area contributed by atoms with Gasteiger partial charge in [-0.25, -0.2) is 42.9 Å². The van der Waals surface area contributed by atoms with Crippen LogP contribution in [-0.4, -0.2) is 86.9 Å². The molecule has 23 heteroatoms. The molecule has 3 N–H and O–H groups in total. The number of azide groups is 1. The second kappa shape index (κ2) is 23.2. The van der Waals surface area contributed by atoms with Gasteiger partial charge in [-0.15, -0.1) is 0 Å². The van der Waals surface area contributed by atoms with Crippen molar-refractivity contribution in [3.63, 3.8) is 0 Å². The zero-order valence-corrected chi connectivity index (χ0v) is 41.2. The van der Waals surface area contributed by atoms with Gasteiger partial charge in [0.05, 0.1) is 29.8 Å². The zero-order chi connectivity index (χ0) is 52.5. The molecule has 2 amide bonds. The number of carboxylic acid groups (broad SMARTS) is 1. The Balaban J connectivity index is 0.000000130. The number of carbonyl (C=O) groups excluding carboxylic acids is 3. The third-order valence-electron chi connectivity index (χ3n) is 12.8. The second-order valence-electron chi connectivity index (χ2n) is 18.5. The highest BCUT2D eigenvalue weighted by molar-refractivity contribution is 7.53. The van der Waals surface area contributed by atoms with Crippen molar-refractivity contribution in [3.8, 4) is 11.5 Å². The monoisotopic (exact) mass is 1040 g/mol. The molecule has 8 heterocycles. The zero-order valence-electron chi connectivity index (χ0n) is 40.3. The van der Waals surface area contributed by atoms with Crippen molar-refractivity contribution in [2.75, 3.05) is 51.5 Å². The number of hydrogen-bond acceptors (Lipinski definition) is 14. The Labute approximate surface area is 429 Å². The summed E-state index contributed by atoms with van der Waals surface area (Å²) in [5.41, 5.74) is 11.4. The number of fused-ring (bicyclic) bond motifs is 8. The molecule has 2 saturated carbocycles. The minimum Gasteiger partial charge on any atom is -0.477 e. The maximum Gasteiger partial charge on any atom is 0.525 e. The molecule has 12 rings (SSSR count). The predicted octanol–water partition coefficient (Wildman–Crippen LogP) is 10.8. The number of aromatic carboxylic acids is 1. The van der Waals surface area contributed by atoms with Gasteiger partial charge in [0.1, 0.15) is 46.0 Å². The number of nitrogens with zero attached hydrogens (tertiary/aromatic N) is 10. The first-order valence-electron chi connectivity index (χ1n) is 24.4. The number of carbonyl (C=O) groups is 4. The van der Waals surface area contributed by atoms with E-state index in [1.807, 2.05) is 12.1 Å². The van der Waals surface area contributed by atoms with Crippen molar-refractivity contribution in [3.05, 3.63) is 161 Å². The smallest absolute Gasteiger partial charge is 0.477 e. The summed E-state index contributed by atoms with van der Waals surface area (Å²) in [5.74, 6) is 1.47. The Bertz CT molecular complexity index is 3090. The van der Waals surface area contributed by atoms with Gasteiger partial charge in [0, 0.05) is 54.9 Å². The lowest BCUT2D eigenvalue weighted by molar-refractivity contribution is 0.0689. The van der Waals surface area contributed by atoms with E-state index in [0.29, 0.717) is 59.4 Å². The highest BCUT2D eigenvalue weighted by Gasteiger charge is 2.41. The minimum atomic E-state index is -3.95. The summed E-state index contributed by atoms with van der Waals surface area (Å²) >= 11 is 0. The standard InChI is InChI=1S/C20H20FN5O2.C14H17N3O.C12H10N3O3P.C6H4FNO2/c21-13-3-6-18(22-10-13)24-20(28)26-14-7-8-25(11-14)16-5-4-15(23-19(16)26)17(27)9-12-1-2-12;18-13(7-9-1-2-9)11-3-4-12-14(16-11)15-10-5-6-17(12)8-10;13-14-15-19(16,17-11-7-3-1-4-8-11)18-12-9-5-2-6-10-12;7-4-1-2-5(6(9)10)8-3-4/h3-6,10,12,14H,1-2,7-9,11H2,(H,22,24,28);3-4,9-10H,1-2,5-8H2,(H,15,16);1-10H;1-3H,(H,9,10)/t14-;10-;;/m00../s1. The Morgan fingerprint density at radius 3 is 1.83 bits per heavy atom. The first-order chi connectivity index (χ1) is 36.3. The van der Waals surface area contributed by atoms with Crippen LogP contribution in [0, 0.1) is 23.5 Å². The number of ketones is 2. The summed E-state index contributed by atoms with van der Waals surface area (Å²) < 4.78 is 47.8. The number of anilines is 5. The van der Waals surface area contributed by atoms with Crippen molar-refractivity contribution in [2.45, 2.75) is 63.5 Å². The van der Waals surface area contributed by atoms with Gasteiger partial charge in [0.2, 0.25) is 0 Å². The Morgan fingerprint density at radius 2 is 1.27 bits per heavy atom. The van der Waals surface area contributed by atoms with Crippen LogP contribution in [0.25, 0.3) is 10.4 Å². The number of aromatic nitrogens is 4. The molecule has 2 atom stereocenters. The van der Waals surface area contributed by atoms with E-state index < -0.39 is 25.4 Å². The summed E-state index contributed by atoms with van der Waals surface area (Å²) in [6, 6.07) is 29.3. The number of amides is 2. The van der Waals surface area contributed by atoms with Crippen LogP contribution in [0.5, 0.6) is 11.5 Å². The van der Waals surface area contributed by atoms with Crippen LogP contribution in [-0.2, 0) is 4.57 Å². The number of rotatable bonds is 13. The Hall–Kier alpha value is -8.48. The van der Waals surface area contributed by atoms with Crippen LogP contribution in [0.4, 0.5) is 42.4 Å². The fourth-order valence-corrected chi connectivity index (χ4v) is 9.70. The summed E-state index contributed by atoms with van der Waals surface area (Å²) in [6.45, 7) is 3.74. The Kier molecular flexibility index (Phi) is 15.9. The van der Waals surface area contributed by atoms with Crippen LogP contribution in [0.15, 0.2) is 126 Å². The van der Waals surface area contributed by atoms with Crippen LogP contribution in [0.1, 0.15) is 82.8 Å². The third-order valence-corrected chi connectivity index (χ3v) is 14.0. The van der Waals surface area contributed by atoms with E-state index in [1.165, 1.54) is 31.4 Å². The third kappa shape index (κ3) is 13.6. The number of halogens is 2. The molecule has 0 unspecified atom stereocenters. The van der Waals surface area contributed by atoms with E-state index in [9.17, 15) is 32.5 Å². The van der Waals surface area contributed by atoms with E-state index in [-0.39, 0.29) is 35.2 Å². The molecule has 2 saturated heterocycles. The number of hydrogen-bond donors (Lipinski definition) is 3. The summed E-state index contributed by atoms with van der Waals surface area (Å²) in [4.78, 5) is 75.9. The molecular weight excluding hydrogens is 990 g/mol. The SMILES string of the molecule is O=C(CC1CC1)c1ccc2c(n1)N(C(=O)Nc1ccc(F)cn1)[C@H]1CCN2C1.O=C(CC1CC1)c1ccc2c(n1)N[C@H]1CCN2C1.O=C(O)c1ccc(F)cn1.[N-]=[N+]=NP(=O)(Oc1ccccc1)Oc1ccccc1. The second-order valence-corrected chi connectivity index (χ2v) is 20.0. The van der Waals surface area contributed by atoms with E-state index in [0.717, 1.165) is 87.2 Å². The minimum absolute atomic E-state index is 0.0192. The van der Waals surface area contributed by atoms with E-state index in [4.69, 9.17) is 19.7 Å². The molecule has 0 radical (unpaired) electrons. The summed E-state index contributed by atoms with van der Waals surface area (Å²) in [6.07, 6.45) is 9.75. The quantitative estimate of drug-likeness (QED) is 0.0319. The normalized spacial score (nSPS) is 17.3. The molecule has 6 aliphatic rings. The number of pyridine rings is 4. The number of benzene rings is 2. The molecule has 6 aromatic rings. The van der Waals surface area contributed by atoms with Gasteiger partial charge in [-0.1, -0.05) is 36.4 Å². The summed E-state index contributed by atoms with van der Waals surface area (Å²) in [7, 11) is -3.95. The van der Waals surface area contributed by atoms with Crippen molar-refractivity contribution in [1.29, 1.82) is 0 Å². The number of urea groups is 1. The first kappa shape index (κ1) is 51.4. The highest BCUT2D eigenvalue weighted by atomic mass is 31.2. The molecule has 4 fully saturated rings. The molecule has 2 aliphatic carbocycles. The van der Waals surface area contributed by atoms with Crippen LogP contribution >= 0.6 is 7.75 Å². The predicted molar refractivity (Wildman–Crippen MR) is 274 cm³/mol. The molecule has 0 spiro atoms. The van der Waals surface area contributed by atoms with Gasteiger partial charge in [0.15, 0.2) is 23.2 Å². The lowest BCUT2D eigenvalue weighted by Gasteiger charge is -2.35. The van der Waals surface area contributed by atoms with Crippen LogP contribution in [0.3, 0.4) is 0 Å². The van der Waals surface area contributed by atoms with E-state index in [1.54, 1.807) is 71.6 Å². The molecule has 4 aliphatic heterocycles. The van der Waals surface area contributed by atoms with Gasteiger partial charge < -0.3 is 29.3 Å². The molecule has 4 aromatic heterocycles. The van der Waals surface area contributed by atoms with Gasteiger partial charge in [0.25, 0.3) is 0 Å². The van der Waals surface area contributed by atoms with Crippen LogP contribution in [0.2, 0.25) is 0 Å². The van der Waals surface area contributed by atoms with Crippen molar-refractivity contribution < 1.29 is 46.7 Å². The number of nitrogens with one attached hydrogen (secondary N) is 2. The maximum atomic E-state index is 13.1. The lowest BCUT2D eigenvalue weighted by Crippen LogP contribution is -2.48. The van der Waals surface area contributed by atoms with E-state index in [2.05, 4.69) is 56.2 Å². The fraction of sp³-hybridized carbons (Fsp3) is 0.308. The van der Waals surface area contributed by atoms with Crippen molar-refractivity contribution in [1.82, 2.24) is 19.9 Å². The Morgan fingerprint density at radius 1 is 0.707 bits per heavy atom. The number of para-hydroxylation sites is 2. The molecule has 75 heavy (non-hydrogen) atoms. The van der Waals surface area contributed by atoms with Crippen LogP contribution < -0.4 is 34.4 Å². The molecule has 20 nitrogen and oxygen atoms in total. The maximum absolute atomic E-state index is 13.1. The molecular formula is C52H51F2N12O8P. The molecule has 2 aromatic carbocycles. The van der Waals surface area contributed by atoms with Gasteiger partial charge in [-0.2, -0.15) is 0 Å². The number of Topliss-reactive ketones (excluding diaryl/α,β-unsaturated/α-hetero) is 2. The van der Waals surface area contributed by atoms with Gasteiger partial charge >= 0.3 is 19.7 Å². The number of carboxylic acids is 1. The highest BCUT2D eigenvalue weighted by Crippen LogP contribution is 2.50. The fourth-order valence-electron chi connectivity index (χ4n) is 8.72. The largest absolute Gasteiger partial charge is 0.525 e. The average molecular weight is 1040 g/mol. The van der Waals surface area contributed by atoms with Gasteiger partial charge in [-0.3, -0.25) is 19.8 Å². The average Bonchev–Trinajstić information content (AvgIpc) is 4.34. The first-order valence-corrected chi connectivity index (χ1v) is 25.9. The summed E-state index contributed by atoms with van der Waals surface area (Å²) in [5, 5.41) is 14.5. The van der Waals surface area contributed by atoms with E-state index >= 15 is 0 Å². The molecule has 386 valence electrons. The van der Waals surface area contributed by atoms with Crippen molar-refractivity contribution >= 4 is 60.1 Å². The van der Waals surface area contributed by atoms with Crippen molar-refractivity contribution in [2.24, 2.45) is 16.7 Å². The molecule has 4 bridgehead atoms.